The van der Waals surface area contributed by atoms with Crippen LogP contribution in [-0.4, -0.2) is 9.13 Å². The molecule has 0 unspecified atom stereocenters. The first-order chi connectivity index (χ1) is 28.0. The van der Waals surface area contributed by atoms with Crippen LogP contribution in [0.2, 0.25) is 0 Å². The van der Waals surface area contributed by atoms with Crippen LogP contribution in [0, 0.1) is 0 Å². The predicted octanol–water partition coefficient (Wildman–Crippen LogP) is 14.7. The summed E-state index contributed by atoms with van der Waals surface area (Å²) in [5.74, 6) is 0. The average Bonchev–Trinajstić information content (AvgIpc) is 3.86. The Hall–Kier alpha value is -7.16. The van der Waals surface area contributed by atoms with Gasteiger partial charge in [-0.25, -0.2) is 0 Å². The van der Waals surface area contributed by atoms with Crippen molar-refractivity contribution in [2.75, 3.05) is 0 Å². The molecule has 0 fully saturated rings. The summed E-state index contributed by atoms with van der Waals surface area (Å²) in [5, 5.41) is 7.64. The first kappa shape index (κ1) is 32.1. The average molecular weight is 727 g/mol. The Bertz CT molecular complexity index is 3410. The molecule has 0 radical (unpaired) electrons. The van der Waals surface area contributed by atoms with Crippen molar-refractivity contribution < 1.29 is 0 Å². The van der Waals surface area contributed by atoms with E-state index in [-0.39, 0.29) is 5.41 Å². The highest BCUT2D eigenvalue weighted by Gasteiger charge is 2.38. The van der Waals surface area contributed by atoms with Gasteiger partial charge in [-0.3, -0.25) is 0 Å². The molecule has 0 saturated carbocycles. The molecule has 9 aromatic carbocycles. The first-order valence-corrected chi connectivity index (χ1v) is 19.9. The largest absolute Gasteiger partial charge is 0.309 e. The van der Waals surface area contributed by atoms with E-state index in [4.69, 9.17) is 0 Å². The fourth-order valence-corrected chi connectivity index (χ4v) is 10.0. The molecule has 57 heavy (non-hydrogen) atoms. The highest BCUT2D eigenvalue weighted by atomic mass is 15.0. The molecule has 12 rings (SSSR count). The summed E-state index contributed by atoms with van der Waals surface area (Å²) >= 11 is 0. The molecule has 2 nitrogen and oxygen atoms in total. The summed E-state index contributed by atoms with van der Waals surface area (Å²) in [6.45, 7) is 4.80. The van der Waals surface area contributed by atoms with E-state index < -0.39 is 0 Å². The highest BCUT2D eigenvalue weighted by molar-refractivity contribution is 6.16. The van der Waals surface area contributed by atoms with E-state index in [0.29, 0.717) is 0 Å². The molecule has 268 valence electrons. The van der Waals surface area contributed by atoms with E-state index in [1.807, 2.05) is 0 Å². The quantitative estimate of drug-likeness (QED) is 0.171. The van der Waals surface area contributed by atoms with Gasteiger partial charge in [-0.1, -0.05) is 147 Å². The maximum absolute atomic E-state index is 2.48. The number of benzene rings is 9. The zero-order chi connectivity index (χ0) is 37.8. The van der Waals surface area contributed by atoms with Crippen LogP contribution < -0.4 is 0 Å². The normalized spacial score (nSPS) is 13.2. The Morgan fingerprint density at radius 2 is 0.930 bits per heavy atom. The van der Waals surface area contributed by atoms with Gasteiger partial charge in [-0.05, 0) is 116 Å². The third-order valence-corrected chi connectivity index (χ3v) is 12.7. The van der Waals surface area contributed by atoms with Crippen molar-refractivity contribution in [3.8, 4) is 44.8 Å². The Morgan fingerprint density at radius 1 is 0.351 bits per heavy atom. The molecule has 2 heterocycles. The number of hydrogen-bond donors (Lipinski definition) is 0. The lowest BCUT2D eigenvalue weighted by atomic mass is 9.80. The van der Waals surface area contributed by atoms with Gasteiger partial charge in [0.2, 0.25) is 0 Å². The SMILES string of the molecule is CC1(C)c2ccccc2-c2ccc3c(c21)c1cc(-c2ccc4c(c2)c2ccccc2n4-c2ccc4ccccc4c2)ccc1n3-c1ccc(-c2ccccc2)cc1. The van der Waals surface area contributed by atoms with Crippen LogP contribution in [0.5, 0.6) is 0 Å². The van der Waals surface area contributed by atoms with Gasteiger partial charge in [-0.15, -0.1) is 0 Å². The van der Waals surface area contributed by atoms with Crippen molar-refractivity contribution in [2.45, 2.75) is 19.3 Å². The summed E-state index contributed by atoms with van der Waals surface area (Å²) < 4.78 is 4.90. The van der Waals surface area contributed by atoms with E-state index in [2.05, 4.69) is 217 Å². The molecule has 1 aliphatic rings. The van der Waals surface area contributed by atoms with Gasteiger partial charge in [0.15, 0.2) is 0 Å². The fourth-order valence-electron chi connectivity index (χ4n) is 10.0. The summed E-state index contributed by atoms with van der Waals surface area (Å²) in [6.07, 6.45) is 0. The number of nitrogens with zero attached hydrogens (tertiary/aromatic N) is 2. The molecule has 0 spiro atoms. The van der Waals surface area contributed by atoms with E-state index in [1.54, 1.807) is 0 Å². The monoisotopic (exact) mass is 726 g/mol. The number of aromatic nitrogens is 2. The van der Waals surface area contributed by atoms with Crippen LogP contribution >= 0.6 is 0 Å². The van der Waals surface area contributed by atoms with Gasteiger partial charge in [0.1, 0.15) is 0 Å². The lowest BCUT2D eigenvalue weighted by Crippen LogP contribution is -2.15. The zero-order valence-corrected chi connectivity index (χ0v) is 31.9. The molecule has 2 aromatic heterocycles. The minimum Gasteiger partial charge on any atom is -0.309 e. The second-order valence-corrected chi connectivity index (χ2v) is 16.1. The second kappa shape index (κ2) is 11.9. The van der Waals surface area contributed by atoms with Crippen molar-refractivity contribution in [1.29, 1.82) is 0 Å². The van der Waals surface area contributed by atoms with Gasteiger partial charge < -0.3 is 9.13 Å². The van der Waals surface area contributed by atoms with Gasteiger partial charge >= 0.3 is 0 Å². The van der Waals surface area contributed by atoms with Crippen LogP contribution in [0.25, 0.3) is 99.1 Å². The lowest BCUT2D eigenvalue weighted by molar-refractivity contribution is 0.666. The van der Waals surface area contributed by atoms with Crippen LogP contribution in [0.4, 0.5) is 0 Å². The predicted molar refractivity (Wildman–Crippen MR) is 241 cm³/mol. The number of para-hydroxylation sites is 1. The van der Waals surface area contributed by atoms with Crippen molar-refractivity contribution in [1.82, 2.24) is 9.13 Å². The van der Waals surface area contributed by atoms with Crippen molar-refractivity contribution >= 4 is 54.4 Å². The van der Waals surface area contributed by atoms with Crippen LogP contribution in [-0.2, 0) is 5.41 Å². The molecular formula is C55H38N2. The van der Waals surface area contributed by atoms with Crippen LogP contribution in [0.15, 0.2) is 194 Å². The highest BCUT2D eigenvalue weighted by Crippen LogP contribution is 2.53. The Balaban J connectivity index is 1.08. The van der Waals surface area contributed by atoms with Gasteiger partial charge in [-0.2, -0.15) is 0 Å². The van der Waals surface area contributed by atoms with E-state index >= 15 is 0 Å². The molecule has 11 aromatic rings. The standard InChI is InChI=1S/C55H38N2/c1-55(2)48-18-10-8-16-43(48)45-28-31-52-53(54(45)55)47-34-40(24-30-51(47)56(52)41-25-20-37(21-26-41)35-12-4-3-5-13-35)39-23-29-50-46(33-39)44-17-9-11-19-49(44)57(50)42-27-22-36-14-6-7-15-38(36)32-42/h3-34H,1-2H3. The van der Waals surface area contributed by atoms with Crippen molar-refractivity contribution in [3.05, 3.63) is 205 Å². The van der Waals surface area contributed by atoms with Gasteiger partial charge in [0, 0.05) is 38.3 Å². The first-order valence-electron chi connectivity index (χ1n) is 19.9. The van der Waals surface area contributed by atoms with Crippen LogP contribution in [0.3, 0.4) is 0 Å². The molecule has 0 saturated heterocycles. The summed E-state index contributed by atoms with van der Waals surface area (Å²) in [7, 11) is 0. The van der Waals surface area contributed by atoms with E-state index in [9.17, 15) is 0 Å². The third kappa shape index (κ3) is 4.65. The summed E-state index contributed by atoms with van der Waals surface area (Å²) in [4.78, 5) is 0. The van der Waals surface area contributed by atoms with Crippen molar-refractivity contribution in [2.24, 2.45) is 0 Å². The minimum absolute atomic E-state index is 0.152. The molecule has 2 heteroatoms. The van der Waals surface area contributed by atoms with Gasteiger partial charge in [0.25, 0.3) is 0 Å². The molecule has 0 amide bonds. The summed E-state index contributed by atoms with van der Waals surface area (Å²) in [6, 6.07) is 71.8. The molecule has 0 aliphatic heterocycles. The van der Waals surface area contributed by atoms with Gasteiger partial charge in [0.05, 0.1) is 22.1 Å². The van der Waals surface area contributed by atoms with E-state index in [1.165, 1.54) is 110 Å². The third-order valence-electron chi connectivity index (χ3n) is 12.7. The molecule has 0 atom stereocenters. The number of rotatable bonds is 4. The lowest BCUT2D eigenvalue weighted by Gasteiger charge is -2.22. The fraction of sp³-hybridized carbons (Fsp3) is 0.0545. The molecule has 1 aliphatic carbocycles. The number of fused-ring (bicyclic) bond motifs is 11. The van der Waals surface area contributed by atoms with Crippen LogP contribution in [0.1, 0.15) is 25.0 Å². The maximum Gasteiger partial charge on any atom is 0.0544 e. The Labute approximate surface area is 331 Å². The molecule has 0 bridgehead atoms. The number of hydrogen-bond acceptors (Lipinski definition) is 0. The summed E-state index contributed by atoms with van der Waals surface area (Å²) in [5.41, 5.74) is 17.5. The second-order valence-electron chi connectivity index (χ2n) is 16.1. The smallest absolute Gasteiger partial charge is 0.0544 e. The Kier molecular flexibility index (Phi) is 6.72. The minimum atomic E-state index is -0.152. The topological polar surface area (TPSA) is 9.86 Å². The maximum atomic E-state index is 2.48. The van der Waals surface area contributed by atoms with Crippen molar-refractivity contribution in [3.63, 3.8) is 0 Å². The molecular weight excluding hydrogens is 689 g/mol. The molecule has 0 N–H and O–H groups in total. The van der Waals surface area contributed by atoms with E-state index in [0.717, 1.165) is 0 Å². The Morgan fingerprint density at radius 3 is 1.75 bits per heavy atom. The zero-order valence-electron chi connectivity index (χ0n) is 31.9.